The first-order valence-electron chi connectivity index (χ1n) is 8.20. The molecule has 3 rings (SSSR count). The van der Waals surface area contributed by atoms with Gasteiger partial charge in [-0.15, -0.1) is 0 Å². The first kappa shape index (κ1) is 20.5. The number of pyridine rings is 1. The number of nitrogens with zero attached hydrogens (tertiary/aromatic N) is 3. The number of thioether (sulfide) groups is 1. The summed E-state index contributed by atoms with van der Waals surface area (Å²) in [4.78, 5) is 21.1. The zero-order valence-electron chi connectivity index (χ0n) is 15.1. The molecular weight excluding hydrogens is 452 g/mol. The molecule has 0 fully saturated rings. The Labute approximate surface area is 172 Å². The van der Waals surface area contributed by atoms with Crippen LogP contribution in [0, 0.1) is 18.6 Å². The second kappa shape index (κ2) is 8.83. The van der Waals surface area contributed by atoms with Crippen molar-refractivity contribution in [2.24, 2.45) is 0 Å². The van der Waals surface area contributed by atoms with Crippen molar-refractivity contribution in [3.05, 3.63) is 79.9 Å². The van der Waals surface area contributed by atoms with Gasteiger partial charge < -0.3 is 9.30 Å². The van der Waals surface area contributed by atoms with Crippen molar-refractivity contribution in [3.63, 3.8) is 0 Å². The molecule has 0 atom stereocenters. The van der Waals surface area contributed by atoms with Crippen molar-refractivity contribution in [1.82, 2.24) is 14.5 Å². The molecule has 146 valence electrons. The lowest BCUT2D eigenvalue weighted by molar-refractivity contribution is 0.295. The minimum atomic E-state index is -0.699. The highest BCUT2D eigenvalue weighted by molar-refractivity contribution is 9.10. The van der Waals surface area contributed by atoms with Gasteiger partial charge in [0.1, 0.15) is 28.5 Å². The van der Waals surface area contributed by atoms with Crippen LogP contribution in [0.2, 0.25) is 0 Å². The Morgan fingerprint density at radius 1 is 1.21 bits per heavy atom. The minimum Gasteiger partial charge on any atom is -0.487 e. The van der Waals surface area contributed by atoms with Crippen molar-refractivity contribution in [3.8, 4) is 5.75 Å². The van der Waals surface area contributed by atoms with E-state index in [0.717, 1.165) is 17.7 Å². The molecule has 1 aromatic carbocycles. The number of hydrogen-bond acceptors (Lipinski definition) is 5. The van der Waals surface area contributed by atoms with Crippen LogP contribution in [0.5, 0.6) is 5.75 Å². The Balaban J connectivity index is 1.82. The number of aryl methyl sites for hydroxylation is 1. The number of hydrogen-bond donors (Lipinski definition) is 0. The Kier molecular flexibility index (Phi) is 6.46. The molecule has 0 saturated carbocycles. The summed E-state index contributed by atoms with van der Waals surface area (Å²) in [5.74, 6) is -1.07. The van der Waals surface area contributed by atoms with E-state index < -0.39 is 11.6 Å². The fraction of sp³-hybridized carbons (Fsp3) is 0.211. The summed E-state index contributed by atoms with van der Waals surface area (Å²) in [5.41, 5.74) is 1.36. The Bertz CT molecular complexity index is 1060. The molecule has 0 aliphatic carbocycles. The van der Waals surface area contributed by atoms with Crippen molar-refractivity contribution < 1.29 is 13.5 Å². The van der Waals surface area contributed by atoms with Gasteiger partial charge in [0.2, 0.25) is 0 Å². The number of halogens is 3. The van der Waals surface area contributed by atoms with E-state index in [0.29, 0.717) is 17.4 Å². The van der Waals surface area contributed by atoms with Crippen LogP contribution in [-0.2, 0) is 13.2 Å². The van der Waals surface area contributed by atoms with Gasteiger partial charge in [-0.1, -0.05) is 11.8 Å². The predicted octanol–water partition coefficient (Wildman–Crippen LogP) is 4.34. The van der Waals surface area contributed by atoms with Gasteiger partial charge in [0.05, 0.1) is 6.54 Å². The molecule has 0 unspecified atom stereocenters. The maximum Gasteiger partial charge on any atom is 0.269 e. The van der Waals surface area contributed by atoms with Crippen molar-refractivity contribution in [2.45, 2.75) is 25.2 Å². The molecule has 0 radical (unpaired) electrons. The SMILES string of the molecule is CSc1ncc(Cn2c(C)cc(OCc3ccc(F)cc3F)c(Br)c2=O)cn1. The molecule has 0 aliphatic rings. The highest BCUT2D eigenvalue weighted by Crippen LogP contribution is 2.24. The molecule has 2 heterocycles. The van der Waals surface area contributed by atoms with Crippen LogP contribution in [0.4, 0.5) is 8.78 Å². The van der Waals surface area contributed by atoms with Gasteiger partial charge in [-0.25, -0.2) is 18.7 Å². The summed E-state index contributed by atoms with van der Waals surface area (Å²) < 4.78 is 34.1. The second-order valence-electron chi connectivity index (χ2n) is 5.96. The van der Waals surface area contributed by atoms with Crippen LogP contribution >= 0.6 is 27.7 Å². The van der Waals surface area contributed by atoms with Gasteiger partial charge in [-0.2, -0.15) is 0 Å². The third-order valence-electron chi connectivity index (χ3n) is 4.02. The van der Waals surface area contributed by atoms with E-state index in [9.17, 15) is 13.6 Å². The first-order valence-corrected chi connectivity index (χ1v) is 10.2. The number of ether oxygens (including phenoxy) is 1. The summed E-state index contributed by atoms with van der Waals surface area (Å²) in [6.07, 6.45) is 5.25. The van der Waals surface area contributed by atoms with Crippen molar-refractivity contribution in [1.29, 1.82) is 0 Å². The first-order chi connectivity index (χ1) is 13.4. The molecule has 28 heavy (non-hydrogen) atoms. The molecule has 0 N–H and O–H groups in total. The zero-order chi connectivity index (χ0) is 20.3. The van der Waals surface area contributed by atoms with Crippen LogP contribution in [0.15, 0.2) is 51.1 Å². The lowest BCUT2D eigenvalue weighted by Gasteiger charge is -2.15. The average Bonchev–Trinajstić information content (AvgIpc) is 2.68. The van der Waals surface area contributed by atoms with Crippen LogP contribution < -0.4 is 10.3 Å². The fourth-order valence-electron chi connectivity index (χ4n) is 2.52. The van der Waals surface area contributed by atoms with Crippen LogP contribution in [0.25, 0.3) is 0 Å². The van der Waals surface area contributed by atoms with E-state index in [1.807, 2.05) is 6.26 Å². The maximum atomic E-state index is 13.8. The van der Waals surface area contributed by atoms with E-state index in [1.165, 1.54) is 17.8 Å². The summed E-state index contributed by atoms with van der Waals surface area (Å²) in [6, 6.07) is 4.95. The highest BCUT2D eigenvalue weighted by Gasteiger charge is 2.14. The Morgan fingerprint density at radius 3 is 2.57 bits per heavy atom. The topological polar surface area (TPSA) is 57.0 Å². The van der Waals surface area contributed by atoms with Crippen LogP contribution in [-0.4, -0.2) is 20.8 Å². The quantitative estimate of drug-likeness (QED) is 0.398. The molecule has 0 bridgehead atoms. The molecule has 9 heteroatoms. The van der Waals surface area contributed by atoms with E-state index in [4.69, 9.17) is 4.74 Å². The van der Waals surface area contributed by atoms with E-state index in [2.05, 4.69) is 25.9 Å². The molecule has 0 saturated heterocycles. The molecule has 5 nitrogen and oxygen atoms in total. The number of aromatic nitrogens is 3. The van der Waals surface area contributed by atoms with E-state index in [-0.39, 0.29) is 28.0 Å². The van der Waals surface area contributed by atoms with Gasteiger partial charge in [-0.05, 0) is 41.2 Å². The third kappa shape index (κ3) is 4.59. The van der Waals surface area contributed by atoms with Crippen molar-refractivity contribution >= 4 is 27.7 Å². The molecule has 3 aromatic rings. The average molecular weight is 468 g/mol. The maximum absolute atomic E-state index is 13.8. The fourth-order valence-corrected chi connectivity index (χ4v) is 3.28. The van der Waals surface area contributed by atoms with Crippen LogP contribution in [0.1, 0.15) is 16.8 Å². The molecule has 2 aromatic heterocycles. The zero-order valence-corrected chi connectivity index (χ0v) is 17.5. The molecular formula is C19H16BrF2N3O2S. The minimum absolute atomic E-state index is 0.127. The van der Waals surface area contributed by atoms with Crippen LogP contribution in [0.3, 0.4) is 0 Å². The predicted molar refractivity (Wildman–Crippen MR) is 107 cm³/mol. The highest BCUT2D eigenvalue weighted by atomic mass is 79.9. The summed E-state index contributed by atoms with van der Waals surface area (Å²) in [7, 11) is 0. The summed E-state index contributed by atoms with van der Waals surface area (Å²) >= 11 is 4.70. The van der Waals surface area contributed by atoms with Gasteiger partial charge in [0, 0.05) is 41.3 Å². The normalized spacial score (nSPS) is 10.9. The Hall–Kier alpha value is -2.26. The van der Waals surface area contributed by atoms with Crippen molar-refractivity contribution in [2.75, 3.05) is 6.26 Å². The number of benzene rings is 1. The summed E-state index contributed by atoms with van der Waals surface area (Å²) in [6.45, 7) is 1.96. The lowest BCUT2D eigenvalue weighted by atomic mass is 10.2. The van der Waals surface area contributed by atoms with Gasteiger partial charge in [0.15, 0.2) is 5.16 Å². The largest absolute Gasteiger partial charge is 0.487 e. The molecule has 0 aliphatic heterocycles. The standard InChI is InChI=1S/C19H16BrF2N3O2S/c1-11-5-16(27-10-13-3-4-14(21)6-15(13)22)17(20)18(26)25(11)9-12-7-23-19(28-2)24-8-12/h3-8H,9-10H2,1-2H3. The smallest absolute Gasteiger partial charge is 0.269 e. The van der Waals surface area contributed by atoms with Gasteiger partial charge in [-0.3, -0.25) is 4.79 Å². The Morgan fingerprint density at radius 2 is 1.93 bits per heavy atom. The van der Waals surface area contributed by atoms with E-state index in [1.54, 1.807) is 30.0 Å². The second-order valence-corrected chi connectivity index (χ2v) is 7.52. The number of rotatable bonds is 6. The summed E-state index contributed by atoms with van der Waals surface area (Å²) in [5, 5.41) is 0.658. The lowest BCUT2D eigenvalue weighted by Crippen LogP contribution is -2.24. The van der Waals surface area contributed by atoms with Gasteiger partial charge >= 0.3 is 0 Å². The van der Waals surface area contributed by atoms with Gasteiger partial charge in [0.25, 0.3) is 5.56 Å². The monoisotopic (exact) mass is 467 g/mol. The molecule has 0 spiro atoms. The molecule has 0 amide bonds. The third-order valence-corrected chi connectivity index (χ3v) is 5.32. The van der Waals surface area contributed by atoms with E-state index >= 15 is 0 Å².